The summed E-state index contributed by atoms with van der Waals surface area (Å²) >= 11 is 0. The van der Waals surface area contributed by atoms with E-state index in [4.69, 9.17) is 5.73 Å². The monoisotopic (exact) mass is 346 g/mol. The van der Waals surface area contributed by atoms with Gasteiger partial charge in [-0.2, -0.15) is 0 Å². The zero-order valence-electron chi connectivity index (χ0n) is 15.4. The summed E-state index contributed by atoms with van der Waals surface area (Å²) in [6.07, 6.45) is 8.32. The molecule has 0 aliphatic carbocycles. The SMILES string of the molecule is C/C=C(\C)CN1CCC(n2cc(CN3CCC[C@H]3C(N)=O)nn2)CC1. The predicted octanol–water partition coefficient (Wildman–Crippen LogP) is 1.33. The molecule has 25 heavy (non-hydrogen) atoms. The van der Waals surface area contributed by atoms with Crippen LogP contribution >= 0.6 is 0 Å². The zero-order valence-corrected chi connectivity index (χ0v) is 15.4. The van der Waals surface area contributed by atoms with Gasteiger partial charge in [0.2, 0.25) is 5.91 Å². The third-order valence-corrected chi connectivity index (χ3v) is 5.51. The van der Waals surface area contributed by atoms with Crippen molar-refractivity contribution in [2.24, 2.45) is 5.73 Å². The average molecular weight is 346 g/mol. The standard InChI is InChI=1S/C18H30N6O/c1-3-14(2)11-22-9-6-16(7-10-22)24-13-15(20-21-24)12-23-8-4-5-17(23)18(19)25/h3,13,16-17H,4-12H2,1-2H3,(H2,19,25)/b14-3+/t17-/m0/s1. The molecule has 1 aromatic rings. The van der Waals surface area contributed by atoms with Crippen molar-refractivity contribution >= 4 is 5.91 Å². The van der Waals surface area contributed by atoms with E-state index in [9.17, 15) is 4.79 Å². The van der Waals surface area contributed by atoms with Crippen LogP contribution in [0.5, 0.6) is 0 Å². The fourth-order valence-corrected chi connectivity index (χ4v) is 3.90. The molecule has 2 N–H and O–H groups in total. The normalized spacial score (nSPS) is 24.1. The van der Waals surface area contributed by atoms with E-state index < -0.39 is 0 Å². The van der Waals surface area contributed by atoms with Crippen molar-refractivity contribution in [2.75, 3.05) is 26.2 Å². The minimum Gasteiger partial charge on any atom is -0.368 e. The van der Waals surface area contributed by atoms with Crippen molar-refractivity contribution in [1.29, 1.82) is 0 Å². The number of nitrogens with two attached hydrogens (primary N) is 1. The number of allylic oxidation sites excluding steroid dienone is 1. The Morgan fingerprint density at radius 1 is 1.32 bits per heavy atom. The molecule has 1 aromatic heterocycles. The predicted molar refractivity (Wildman–Crippen MR) is 96.8 cm³/mol. The van der Waals surface area contributed by atoms with Crippen LogP contribution in [0.15, 0.2) is 17.8 Å². The van der Waals surface area contributed by atoms with Gasteiger partial charge in [-0.25, -0.2) is 4.68 Å². The van der Waals surface area contributed by atoms with Crippen LogP contribution < -0.4 is 5.73 Å². The van der Waals surface area contributed by atoms with Gasteiger partial charge in [-0.1, -0.05) is 16.9 Å². The van der Waals surface area contributed by atoms with E-state index in [1.54, 1.807) is 0 Å². The third-order valence-electron chi connectivity index (χ3n) is 5.51. The Labute approximate surface area is 149 Å². The Hall–Kier alpha value is -1.73. The van der Waals surface area contributed by atoms with Gasteiger partial charge in [0.15, 0.2) is 0 Å². The second-order valence-corrected chi connectivity index (χ2v) is 7.36. The maximum Gasteiger partial charge on any atom is 0.234 e. The maximum atomic E-state index is 11.5. The van der Waals surface area contributed by atoms with Crippen molar-refractivity contribution in [3.63, 3.8) is 0 Å². The van der Waals surface area contributed by atoms with Gasteiger partial charge in [0, 0.05) is 26.2 Å². The molecular formula is C18H30N6O. The van der Waals surface area contributed by atoms with Gasteiger partial charge in [-0.3, -0.25) is 14.6 Å². The van der Waals surface area contributed by atoms with Crippen LogP contribution in [0.1, 0.15) is 51.3 Å². The van der Waals surface area contributed by atoms with Crippen LogP contribution in [0.4, 0.5) is 0 Å². The first kappa shape index (κ1) is 18.1. The van der Waals surface area contributed by atoms with Crippen molar-refractivity contribution in [2.45, 2.75) is 58.2 Å². The number of amides is 1. The number of aromatic nitrogens is 3. The number of carbonyl (C=O) groups is 1. The van der Waals surface area contributed by atoms with Crippen LogP contribution in [0, 0.1) is 0 Å². The number of piperidine rings is 1. The maximum absolute atomic E-state index is 11.5. The Kier molecular flexibility index (Phi) is 5.86. The Bertz CT molecular complexity index is 617. The molecular weight excluding hydrogens is 316 g/mol. The van der Waals surface area contributed by atoms with Gasteiger partial charge < -0.3 is 5.73 Å². The number of nitrogens with zero attached hydrogens (tertiary/aromatic N) is 5. The molecule has 2 saturated heterocycles. The molecule has 0 saturated carbocycles. The zero-order chi connectivity index (χ0) is 17.8. The molecule has 2 aliphatic rings. The molecule has 7 nitrogen and oxygen atoms in total. The highest BCUT2D eigenvalue weighted by atomic mass is 16.1. The van der Waals surface area contributed by atoms with Gasteiger partial charge in [0.1, 0.15) is 0 Å². The van der Waals surface area contributed by atoms with E-state index in [0.717, 1.165) is 57.6 Å². The summed E-state index contributed by atoms with van der Waals surface area (Å²) in [6.45, 7) is 9.11. The van der Waals surface area contributed by atoms with Crippen LogP contribution in [-0.2, 0) is 11.3 Å². The molecule has 0 bridgehead atoms. The second-order valence-electron chi connectivity index (χ2n) is 7.36. The lowest BCUT2D eigenvalue weighted by Crippen LogP contribution is -2.39. The molecule has 0 radical (unpaired) electrons. The van der Waals surface area contributed by atoms with E-state index in [2.05, 4.69) is 40.0 Å². The van der Waals surface area contributed by atoms with Crippen molar-refractivity contribution < 1.29 is 4.79 Å². The first-order valence-electron chi connectivity index (χ1n) is 9.35. The van der Waals surface area contributed by atoms with E-state index in [-0.39, 0.29) is 11.9 Å². The third kappa shape index (κ3) is 4.46. The van der Waals surface area contributed by atoms with E-state index in [1.807, 2.05) is 10.9 Å². The second kappa shape index (κ2) is 8.10. The van der Waals surface area contributed by atoms with Crippen molar-refractivity contribution in [3.05, 3.63) is 23.5 Å². The molecule has 2 fully saturated rings. The van der Waals surface area contributed by atoms with Crippen molar-refractivity contribution in [3.8, 4) is 0 Å². The lowest BCUT2D eigenvalue weighted by molar-refractivity contribution is -0.122. The Morgan fingerprint density at radius 2 is 2.08 bits per heavy atom. The van der Waals surface area contributed by atoms with Crippen LogP contribution in [-0.4, -0.2) is 62.9 Å². The quantitative estimate of drug-likeness (QED) is 0.786. The molecule has 3 heterocycles. The van der Waals surface area contributed by atoms with Gasteiger partial charge in [0.25, 0.3) is 0 Å². The summed E-state index contributed by atoms with van der Waals surface area (Å²) in [4.78, 5) is 16.1. The lowest BCUT2D eigenvalue weighted by Gasteiger charge is -2.31. The summed E-state index contributed by atoms with van der Waals surface area (Å²) in [5.41, 5.74) is 7.85. The minimum atomic E-state index is -0.228. The lowest BCUT2D eigenvalue weighted by atomic mass is 10.0. The first-order chi connectivity index (χ1) is 12.1. The van der Waals surface area contributed by atoms with Gasteiger partial charge >= 0.3 is 0 Å². The highest BCUT2D eigenvalue weighted by Gasteiger charge is 2.29. The van der Waals surface area contributed by atoms with Crippen LogP contribution in [0.3, 0.4) is 0 Å². The molecule has 1 amide bonds. The number of likely N-dealkylation sites (tertiary alicyclic amines) is 2. The number of carbonyl (C=O) groups excluding carboxylic acids is 1. The molecule has 3 rings (SSSR count). The van der Waals surface area contributed by atoms with Crippen molar-refractivity contribution in [1.82, 2.24) is 24.8 Å². The highest BCUT2D eigenvalue weighted by Crippen LogP contribution is 2.23. The summed E-state index contributed by atoms with van der Waals surface area (Å²) in [5, 5.41) is 8.67. The fourth-order valence-electron chi connectivity index (χ4n) is 3.90. The number of hydrogen-bond acceptors (Lipinski definition) is 5. The molecule has 1 atom stereocenters. The summed E-state index contributed by atoms with van der Waals surface area (Å²) in [6, 6.07) is 0.275. The first-order valence-corrected chi connectivity index (χ1v) is 9.35. The Balaban J connectivity index is 1.53. The summed E-state index contributed by atoms with van der Waals surface area (Å²) < 4.78 is 2.02. The van der Waals surface area contributed by atoms with Gasteiger partial charge in [-0.15, -0.1) is 5.10 Å². The Morgan fingerprint density at radius 3 is 2.76 bits per heavy atom. The minimum absolute atomic E-state index is 0.150. The van der Waals surface area contributed by atoms with Gasteiger partial charge in [-0.05, 0) is 46.1 Å². The molecule has 2 aliphatic heterocycles. The summed E-state index contributed by atoms with van der Waals surface area (Å²) in [7, 11) is 0. The van der Waals surface area contributed by atoms with Crippen LogP contribution in [0.25, 0.3) is 0 Å². The number of primary amides is 1. The highest BCUT2D eigenvalue weighted by molar-refractivity contribution is 5.80. The van der Waals surface area contributed by atoms with E-state index >= 15 is 0 Å². The smallest absolute Gasteiger partial charge is 0.234 e. The molecule has 0 unspecified atom stereocenters. The average Bonchev–Trinajstić information content (AvgIpc) is 3.25. The van der Waals surface area contributed by atoms with Crippen LogP contribution in [0.2, 0.25) is 0 Å². The number of rotatable bonds is 6. The molecule has 138 valence electrons. The molecule has 0 aromatic carbocycles. The summed E-state index contributed by atoms with van der Waals surface area (Å²) in [5.74, 6) is -0.228. The molecule has 7 heteroatoms. The molecule has 0 spiro atoms. The topological polar surface area (TPSA) is 80.3 Å². The largest absolute Gasteiger partial charge is 0.368 e. The fraction of sp³-hybridized carbons (Fsp3) is 0.722. The van der Waals surface area contributed by atoms with Gasteiger partial charge in [0.05, 0.1) is 24.0 Å². The number of hydrogen-bond donors (Lipinski definition) is 1. The van der Waals surface area contributed by atoms with E-state index in [0.29, 0.717) is 12.6 Å². The van der Waals surface area contributed by atoms with E-state index in [1.165, 1.54) is 5.57 Å².